The Labute approximate surface area is 141 Å². The molecule has 126 valence electrons. The average Bonchev–Trinajstić information content (AvgIpc) is 2.58. The molecule has 6 heteroatoms. The highest BCUT2D eigenvalue weighted by molar-refractivity contribution is 5.86. The van der Waals surface area contributed by atoms with E-state index in [0.29, 0.717) is 23.8 Å². The maximum absolute atomic E-state index is 11.9. The van der Waals surface area contributed by atoms with Gasteiger partial charge in [0.1, 0.15) is 0 Å². The lowest BCUT2D eigenvalue weighted by atomic mass is 10.1. The maximum atomic E-state index is 11.9. The minimum Gasteiger partial charge on any atom is -0.493 e. The third-order valence-electron chi connectivity index (χ3n) is 3.26. The Bertz CT molecular complexity index is 712. The van der Waals surface area contributed by atoms with Gasteiger partial charge in [-0.2, -0.15) is 5.10 Å². The van der Waals surface area contributed by atoms with Gasteiger partial charge in [-0.15, -0.1) is 0 Å². The summed E-state index contributed by atoms with van der Waals surface area (Å²) in [7, 11) is 1.58. The van der Waals surface area contributed by atoms with Gasteiger partial charge in [0.05, 0.1) is 26.4 Å². The van der Waals surface area contributed by atoms with E-state index < -0.39 is 0 Å². The summed E-state index contributed by atoms with van der Waals surface area (Å²) in [5, 5.41) is 3.99. The van der Waals surface area contributed by atoms with Gasteiger partial charge in [-0.3, -0.25) is 4.79 Å². The Balaban J connectivity index is 2.00. The first-order valence-corrected chi connectivity index (χ1v) is 7.60. The number of nitrogens with one attached hydrogen (secondary N) is 1. The zero-order valence-electron chi connectivity index (χ0n) is 13.8. The SMILES string of the molecule is CCOc1c(/C=N\NC(=O)Cc2ccc(N)cc2)cccc1OC. The van der Waals surface area contributed by atoms with Crippen LogP contribution in [0.1, 0.15) is 18.1 Å². The van der Waals surface area contributed by atoms with Crippen LogP contribution in [0.4, 0.5) is 5.69 Å². The molecule has 24 heavy (non-hydrogen) atoms. The maximum Gasteiger partial charge on any atom is 0.244 e. The van der Waals surface area contributed by atoms with Crippen molar-refractivity contribution in [2.24, 2.45) is 5.10 Å². The molecule has 0 heterocycles. The van der Waals surface area contributed by atoms with Crippen molar-refractivity contribution < 1.29 is 14.3 Å². The zero-order chi connectivity index (χ0) is 17.4. The van der Waals surface area contributed by atoms with Gasteiger partial charge in [0.25, 0.3) is 0 Å². The predicted molar refractivity (Wildman–Crippen MR) is 94.5 cm³/mol. The number of nitrogen functional groups attached to an aromatic ring is 1. The third-order valence-corrected chi connectivity index (χ3v) is 3.26. The number of amides is 1. The first-order chi connectivity index (χ1) is 11.6. The van der Waals surface area contributed by atoms with Crippen LogP contribution in [0, 0.1) is 0 Å². The number of ether oxygens (including phenoxy) is 2. The summed E-state index contributed by atoms with van der Waals surface area (Å²) in [5.41, 5.74) is 10.4. The first kappa shape index (κ1) is 17.3. The van der Waals surface area contributed by atoms with Crippen LogP contribution >= 0.6 is 0 Å². The molecule has 2 rings (SSSR count). The quantitative estimate of drug-likeness (QED) is 0.464. The van der Waals surface area contributed by atoms with E-state index in [9.17, 15) is 4.79 Å². The number of carbonyl (C=O) groups is 1. The lowest BCUT2D eigenvalue weighted by Crippen LogP contribution is -2.19. The molecule has 2 aromatic carbocycles. The van der Waals surface area contributed by atoms with E-state index >= 15 is 0 Å². The molecule has 0 aliphatic heterocycles. The van der Waals surface area contributed by atoms with E-state index in [4.69, 9.17) is 15.2 Å². The Morgan fingerprint density at radius 2 is 2.00 bits per heavy atom. The third kappa shape index (κ3) is 4.74. The normalized spacial score (nSPS) is 10.6. The number of anilines is 1. The molecule has 0 bridgehead atoms. The van der Waals surface area contributed by atoms with Gasteiger partial charge in [-0.25, -0.2) is 5.43 Å². The molecule has 0 unspecified atom stereocenters. The number of nitrogens with two attached hydrogens (primary N) is 1. The Hall–Kier alpha value is -3.02. The zero-order valence-corrected chi connectivity index (χ0v) is 13.8. The molecule has 0 radical (unpaired) electrons. The van der Waals surface area contributed by atoms with Gasteiger partial charge in [-0.1, -0.05) is 18.2 Å². The van der Waals surface area contributed by atoms with Gasteiger partial charge in [0.2, 0.25) is 5.91 Å². The second-order valence-electron chi connectivity index (χ2n) is 5.02. The summed E-state index contributed by atoms with van der Waals surface area (Å²) in [6.45, 7) is 2.40. The summed E-state index contributed by atoms with van der Waals surface area (Å²) < 4.78 is 10.9. The fraction of sp³-hybridized carbons (Fsp3) is 0.222. The number of carbonyl (C=O) groups excluding carboxylic acids is 1. The number of hydrazone groups is 1. The lowest BCUT2D eigenvalue weighted by Gasteiger charge is -2.11. The van der Waals surface area contributed by atoms with Crippen molar-refractivity contribution in [1.29, 1.82) is 0 Å². The topological polar surface area (TPSA) is 85.9 Å². The van der Waals surface area contributed by atoms with E-state index in [0.717, 1.165) is 11.1 Å². The van der Waals surface area contributed by atoms with Gasteiger partial charge in [-0.05, 0) is 36.8 Å². The van der Waals surface area contributed by atoms with Gasteiger partial charge in [0.15, 0.2) is 11.5 Å². The first-order valence-electron chi connectivity index (χ1n) is 7.60. The minimum absolute atomic E-state index is 0.211. The molecule has 6 nitrogen and oxygen atoms in total. The monoisotopic (exact) mass is 327 g/mol. The standard InChI is InChI=1S/C18H21N3O3/c1-3-24-18-14(5-4-6-16(18)23-2)12-20-21-17(22)11-13-7-9-15(19)10-8-13/h4-10,12H,3,11,19H2,1-2H3,(H,21,22)/b20-12-. The molecule has 0 aliphatic rings. The number of para-hydroxylation sites is 1. The van der Waals surface area contributed by atoms with E-state index in [1.54, 1.807) is 19.2 Å². The molecule has 0 spiro atoms. The molecule has 0 atom stereocenters. The smallest absolute Gasteiger partial charge is 0.244 e. The van der Waals surface area contributed by atoms with Gasteiger partial charge in [0, 0.05) is 11.3 Å². The molecular formula is C18H21N3O3. The highest BCUT2D eigenvalue weighted by Gasteiger charge is 2.08. The Morgan fingerprint density at radius 3 is 2.67 bits per heavy atom. The van der Waals surface area contributed by atoms with E-state index in [1.165, 1.54) is 6.21 Å². The van der Waals surface area contributed by atoms with Crippen LogP contribution in [0.15, 0.2) is 47.6 Å². The van der Waals surface area contributed by atoms with E-state index in [1.807, 2.05) is 37.3 Å². The highest BCUT2D eigenvalue weighted by atomic mass is 16.5. The largest absolute Gasteiger partial charge is 0.493 e. The van der Waals surface area contributed by atoms with Crippen LogP contribution in [0.2, 0.25) is 0 Å². The fourth-order valence-corrected chi connectivity index (χ4v) is 2.13. The summed E-state index contributed by atoms with van der Waals surface area (Å²) in [4.78, 5) is 11.9. The number of methoxy groups -OCH3 is 1. The summed E-state index contributed by atoms with van der Waals surface area (Å²) in [6, 6.07) is 12.6. The highest BCUT2D eigenvalue weighted by Crippen LogP contribution is 2.29. The van der Waals surface area contributed by atoms with Crippen LogP contribution < -0.4 is 20.6 Å². The van der Waals surface area contributed by atoms with Crippen molar-refractivity contribution in [3.63, 3.8) is 0 Å². The van der Waals surface area contributed by atoms with Crippen LogP contribution in [-0.4, -0.2) is 25.8 Å². The molecule has 0 saturated heterocycles. The second kappa shape index (κ2) is 8.57. The van der Waals surface area contributed by atoms with Gasteiger partial charge >= 0.3 is 0 Å². The molecule has 0 aliphatic carbocycles. The Morgan fingerprint density at radius 1 is 1.25 bits per heavy atom. The molecule has 3 N–H and O–H groups in total. The number of benzene rings is 2. The van der Waals surface area contributed by atoms with Crippen LogP contribution in [-0.2, 0) is 11.2 Å². The van der Waals surface area contributed by atoms with Crippen molar-refractivity contribution in [2.75, 3.05) is 19.5 Å². The molecular weight excluding hydrogens is 306 g/mol. The van der Waals surface area contributed by atoms with Crippen molar-refractivity contribution in [3.05, 3.63) is 53.6 Å². The van der Waals surface area contributed by atoms with Crippen molar-refractivity contribution in [3.8, 4) is 11.5 Å². The lowest BCUT2D eigenvalue weighted by molar-refractivity contribution is -0.120. The second-order valence-corrected chi connectivity index (χ2v) is 5.02. The van der Waals surface area contributed by atoms with E-state index in [2.05, 4.69) is 10.5 Å². The van der Waals surface area contributed by atoms with Crippen molar-refractivity contribution in [2.45, 2.75) is 13.3 Å². The van der Waals surface area contributed by atoms with Crippen LogP contribution in [0.25, 0.3) is 0 Å². The average molecular weight is 327 g/mol. The predicted octanol–water partition coefficient (Wildman–Crippen LogP) is 2.37. The molecule has 0 aromatic heterocycles. The van der Waals surface area contributed by atoms with Crippen molar-refractivity contribution in [1.82, 2.24) is 5.43 Å². The Kier molecular flexibility index (Phi) is 6.19. The minimum atomic E-state index is -0.211. The van der Waals surface area contributed by atoms with Crippen LogP contribution in [0.3, 0.4) is 0 Å². The molecule has 0 fully saturated rings. The fourth-order valence-electron chi connectivity index (χ4n) is 2.13. The molecule has 0 saturated carbocycles. The molecule has 1 amide bonds. The number of hydrogen-bond donors (Lipinski definition) is 2. The van der Waals surface area contributed by atoms with Crippen molar-refractivity contribution >= 4 is 17.8 Å². The summed E-state index contributed by atoms with van der Waals surface area (Å²) >= 11 is 0. The number of rotatable bonds is 7. The number of hydrogen-bond acceptors (Lipinski definition) is 5. The molecule has 2 aromatic rings. The summed E-state index contributed by atoms with van der Waals surface area (Å²) in [6.07, 6.45) is 1.77. The van der Waals surface area contributed by atoms with E-state index in [-0.39, 0.29) is 12.3 Å². The van der Waals surface area contributed by atoms with Crippen LogP contribution in [0.5, 0.6) is 11.5 Å². The summed E-state index contributed by atoms with van der Waals surface area (Å²) in [5.74, 6) is 1.00. The van der Waals surface area contributed by atoms with Gasteiger partial charge < -0.3 is 15.2 Å². The number of nitrogens with zero attached hydrogens (tertiary/aromatic N) is 1.